The summed E-state index contributed by atoms with van der Waals surface area (Å²) in [6.07, 6.45) is 3.23. The van der Waals surface area contributed by atoms with E-state index in [9.17, 15) is 39.9 Å². The highest BCUT2D eigenvalue weighted by Gasteiger charge is 2.46. The molecule has 0 aromatic carbocycles. The summed E-state index contributed by atoms with van der Waals surface area (Å²) in [5.74, 6) is 57.9. The van der Waals surface area contributed by atoms with Crippen LogP contribution in [0.1, 0.15) is 111 Å². The number of nitrogens with one attached hydrogen (secondary N) is 1. The molecular formula is C56H58N2O10S. The second-order valence-electron chi connectivity index (χ2n) is 15.3. The lowest BCUT2D eigenvalue weighted by atomic mass is 9.98. The summed E-state index contributed by atoms with van der Waals surface area (Å²) in [5, 5.41) is 56.2. The Balaban J connectivity index is 2.02. The molecule has 2 aliphatic heterocycles. The molecule has 9 atom stereocenters. The van der Waals surface area contributed by atoms with E-state index in [1.54, 1.807) is 13.8 Å². The van der Waals surface area contributed by atoms with E-state index in [0.29, 0.717) is 6.42 Å². The van der Waals surface area contributed by atoms with Gasteiger partial charge in [-0.2, -0.15) is 0 Å². The lowest BCUT2D eigenvalue weighted by Crippen LogP contribution is -2.60. The number of rotatable bonds is 23. The van der Waals surface area contributed by atoms with Crippen LogP contribution in [0.5, 0.6) is 0 Å². The molecule has 0 spiro atoms. The first-order valence-electron chi connectivity index (χ1n) is 22.9. The van der Waals surface area contributed by atoms with Crippen molar-refractivity contribution in [2.75, 3.05) is 18.9 Å². The molecule has 0 bridgehead atoms. The SMILES string of the molecule is CC#CC#CC#CC#CC#CC#CC#CC#CC#CC#CC#CC#CC(=O)N[C@@H](CO[C@H]1OC(CSC2CC(=O)N(CC)C2=O)[C@H](O)[C@H](O)C1O)[C@H](O)[C@H](O)CCCCCCCCCCCCCC. The minimum atomic E-state index is -1.74. The largest absolute Gasteiger partial charge is 0.390 e. The molecule has 2 saturated heterocycles. The summed E-state index contributed by atoms with van der Waals surface area (Å²) < 4.78 is 11.6. The third-order valence-corrected chi connectivity index (χ3v) is 11.5. The van der Waals surface area contributed by atoms with Crippen LogP contribution in [0, 0.1) is 142 Å². The van der Waals surface area contributed by atoms with Gasteiger partial charge in [0.05, 0.1) is 30.1 Å². The Morgan fingerprint density at radius 2 is 1.12 bits per heavy atom. The maximum atomic E-state index is 12.9. The van der Waals surface area contributed by atoms with Crippen molar-refractivity contribution in [3.63, 3.8) is 0 Å². The molecular weight excluding hydrogens is 893 g/mol. The highest BCUT2D eigenvalue weighted by atomic mass is 32.2. The van der Waals surface area contributed by atoms with Crippen LogP contribution < -0.4 is 5.32 Å². The lowest BCUT2D eigenvalue weighted by Gasteiger charge is -2.41. The summed E-state index contributed by atoms with van der Waals surface area (Å²) in [5.41, 5.74) is 0. The number of aliphatic hydroxyl groups excluding tert-OH is 5. The molecule has 0 radical (unpaired) electrons. The van der Waals surface area contributed by atoms with Gasteiger partial charge in [0, 0.05) is 60.2 Å². The van der Waals surface area contributed by atoms with Gasteiger partial charge in [-0.25, -0.2) is 0 Å². The molecule has 6 N–H and O–H groups in total. The number of hydrogen-bond donors (Lipinski definition) is 6. The van der Waals surface area contributed by atoms with Crippen molar-refractivity contribution in [3.8, 4) is 142 Å². The third-order valence-electron chi connectivity index (χ3n) is 10.2. The predicted molar refractivity (Wildman–Crippen MR) is 265 cm³/mol. The smallest absolute Gasteiger partial charge is 0.297 e. The van der Waals surface area contributed by atoms with Crippen molar-refractivity contribution >= 4 is 29.5 Å². The molecule has 2 aliphatic rings. The zero-order valence-corrected chi connectivity index (χ0v) is 40.2. The second-order valence-corrected chi connectivity index (χ2v) is 16.5. The number of aliphatic hydroxyl groups is 5. The Bertz CT molecular complexity index is 2520. The highest BCUT2D eigenvalue weighted by molar-refractivity contribution is 8.00. The quantitative estimate of drug-likeness (QED) is 0.0501. The molecule has 3 unspecified atom stereocenters. The van der Waals surface area contributed by atoms with Crippen LogP contribution in [-0.4, -0.2) is 121 Å². The topological polar surface area (TPSA) is 186 Å². The van der Waals surface area contributed by atoms with E-state index in [2.05, 4.69) is 154 Å². The fourth-order valence-corrected chi connectivity index (χ4v) is 7.78. The van der Waals surface area contributed by atoms with Gasteiger partial charge >= 0.3 is 0 Å². The van der Waals surface area contributed by atoms with Gasteiger partial charge in [0.25, 0.3) is 5.91 Å². The van der Waals surface area contributed by atoms with Gasteiger partial charge in [-0.1, -0.05) is 89.9 Å². The number of carbonyl (C=O) groups is 3. The van der Waals surface area contributed by atoms with Crippen molar-refractivity contribution in [2.45, 2.75) is 165 Å². The molecule has 3 amide bonds. The Morgan fingerprint density at radius 1 is 0.667 bits per heavy atom. The molecule has 12 nitrogen and oxygen atoms in total. The zero-order valence-electron chi connectivity index (χ0n) is 39.3. The lowest BCUT2D eigenvalue weighted by molar-refractivity contribution is -0.294. The first-order chi connectivity index (χ1) is 33.5. The molecule has 13 heteroatoms. The number of hydrogen-bond acceptors (Lipinski definition) is 11. The molecule has 0 saturated carbocycles. The van der Waals surface area contributed by atoms with Gasteiger partial charge in [-0.05, 0) is 115 Å². The summed E-state index contributed by atoms with van der Waals surface area (Å²) in [4.78, 5) is 38.9. The third kappa shape index (κ3) is 25.4. The second kappa shape index (κ2) is 37.4. The van der Waals surface area contributed by atoms with Crippen LogP contribution in [0.3, 0.4) is 0 Å². The maximum absolute atomic E-state index is 12.9. The number of carbonyl (C=O) groups excluding carboxylic acids is 3. The molecule has 2 rings (SSSR count). The van der Waals surface area contributed by atoms with E-state index in [1.165, 1.54) is 44.9 Å². The van der Waals surface area contributed by atoms with Crippen molar-refractivity contribution in [1.29, 1.82) is 0 Å². The summed E-state index contributed by atoms with van der Waals surface area (Å²) in [6, 6.07) is -1.27. The summed E-state index contributed by atoms with van der Waals surface area (Å²) in [6.45, 7) is 5.29. The van der Waals surface area contributed by atoms with Crippen LogP contribution in [0.25, 0.3) is 0 Å². The van der Waals surface area contributed by atoms with E-state index in [-0.39, 0.29) is 37.0 Å². The zero-order chi connectivity index (χ0) is 50.3. The Hall–Kier alpha value is -6.60. The average Bonchev–Trinajstić information content (AvgIpc) is 3.62. The number of nitrogens with zero attached hydrogens (tertiary/aromatic N) is 1. The minimum Gasteiger partial charge on any atom is -0.390 e. The molecule has 2 fully saturated rings. The monoisotopic (exact) mass is 950 g/mol. The molecule has 0 aliphatic carbocycles. The number of ether oxygens (including phenoxy) is 2. The number of thioether (sulfide) groups is 1. The van der Waals surface area contributed by atoms with E-state index in [0.717, 1.165) is 42.3 Å². The average molecular weight is 951 g/mol. The van der Waals surface area contributed by atoms with E-state index < -0.39 is 66.7 Å². The van der Waals surface area contributed by atoms with Gasteiger partial charge in [-0.3, -0.25) is 19.3 Å². The Morgan fingerprint density at radius 3 is 1.57 bits per heavy atom. The standard InChI is InChI=1S/C56H58N2O10S/c1-4-7-9-11-13-15-17-19-20-21-22-23-24-25-26-27-28-29-31-33-35-37-39-41-49(60)57-45(51(62)46(59)40-38-36-34-32-30-18-16-14-12-10-8-5-2)43-67-56-54(65)53(64)52(63)47(68-56)44-69-48-42-50(61)58(6-3)55(48)66/h45-48,51-54,56,59,62-65H,5-6,8,10,12,14,16,18,30,32,34,36,38,40,42-44H2,1-3H3,(H,57,60)/t45-,46+,47?,48?,51-,52-,53-,54?,56-/m0/s1. The van der Waals surface area contributed by atoms with Gasteiger partial charge < -0.3 is 40.3 Å². The van der Waals surface area contributed by atoms with E-state index in [1.807, 2.05) is 0 Å². The number of amides is 3. The first kappa shape index (κ1) is 58.5. The number of imide groups is 1. The van der Waals surface area contributed by atoms with Crippen LogP contribution >= 0.6 is 11.8 Å². The fourth-order valence-electron chi connectivity index (χ4n) is 6.56. The highest BCUT2D eigenvalue weighted by Crippen LogP contribution is 2.30. The Kier molecular flexibility index (Phi) is 31.7. The number of likely N-dealkylation sites (tertiary alicyclic amines) is 1. The van der Waals surface area contributed by atoms with E-state index >= 15 is 0 Å². The van der Waals surface area contributed by atoms with Gasteiger partial charge in [0.2, 0.25) is 11.8 Å². The summed E-state index contributed by atoms with van der Waals surface area (Å²) in [7, 11) is 0. The van der Waals surface area contributed by atoms with Gasteiger partial charge in [-0.15, -0.1) is 11.8 Å². The predicted octanol–water partition coefficient (Wildman–Crippen LogP) is 2.05. The maximum Gasteiger partial charge on any atom is 0.297 e. The normalized spacial score (nSPS) is 19.3. The van der Waals surface area contributed by atoms with E-state index in [4.69, 9.17) is 9.47 Å². The molecule has 69 heavy (non-hydrogen) atoms. The number of unbranched alkanes of at least 4 members (excludes halogenated alkanes) is 11. The van der Waals surface area contributed by atoms with Crippen molar-refractivity contribution in [3.05, 3.63) is 0 Å². The summed E-state index contributed by atoms with van der Waals surface area (Å²) >= 11 is 1.07. The van der Waals surface area contributed by atoms with Crippen LogP contribution in [0.15, 0.2) is 0 Å². The van der Waals surface area contributed by atoms with Gasteiger partial charge in [0.1, 0.15) is 24.4 Å². The Labute approximate surface area is 413 Å². The van der Waals surface area contributed by atoms with Crippen molar-refractivity contribution in [2.24, 2.45) is 0 Å². The van der Waals surface area contributed by atoms with Crippen molar-refractivity contribution < 1.29 is 49.4 Å². The van der Waals surface area contributed by atoms with Crippen LogP contribution in [0.2, 0.25) is 0 Å². The van der Waals surface area contributed by atoms with Gasteiger partial charge in [0.15, 0.2) is 6.29 Å². The van der Waals surface area contributed by atoms with Crippen molar-refractivity contribution in [1.82, 2.24) is 10.2 Å². The molecule has 2 heterocycles. The first-order valence-corrected chi connectivity index (χ1v) is 24.0. The van der Waals surface area contributed by atoms with Crippen LogP contribution in [0.4, 0.5) is 0 Å². The fraction of sp³-hybridized carbons (Fsp3) is 0.518. The minimum absolute atomic E-state index is 0.0191. The van der Waals surface area contributed by atoms with Crippen LogP contribution in [-0.2, 0) is 23.9 Å². The molecule has 0 aromatic rings. The molecule has 358 valence electrons. The molecule has 0 aromatic heterocycles.